The molecule has 6 heteroatoms. The van der Waals surface area contributed by atoms with Gasteiger partial charge in [0.05, 0.1) is 13.2 Å². The van der Waals surface area contributed by atoms with Crippen molar-refractivity contribution in [2.24, 2.45) is 5.92 Å². The second kappa shape index (κ2) is 7.17. The van der Waals surface area contributed by atoms with Crippen LogP contribution in [0.2, 0.25) is 0 Å². The number of ether oxygens (including phenoxy) is 2. The number of urea groups is 1. The van der Waals surface area contributed by atoms with Crippen LogP contribution in [0.15, 0.2) is 18.2 Å². The molecule has 0 spiro atoms. The fourth-order valence-electron chi connectivity index (χ4n) is 2.99. The van der Waals surface area contributed by atoms with E-state index in [1.54, 1.807) is 12.1 Å². The Morgan fingerprint density at radius 1 is 1.39 bits per heavy atom. The summed E-state index contributed by atoms with van der Waals surface area (Å²) < 4.78 is 24.2. The highest BCUT2D eigenvalue weighted by atomic mass is 19.1. The van der Waals surface area contributed by atoms with Gasteiger partial charge in [-0.25, -0.2) is 9.18 Å². The van der Waals surface area contributed by atoms with E-state index < -0.39 is 5.82 Å². The van der Waals surface area contributed by atoms with Gasteiger partial charge in [-0.1, -0.05) is 6.07 Å². The fraction of sp³-hybridized carbons (Fsp3) is 0.588. The van der Waals surface area contributed by atoms with Gasteiger partial charge in [-0.05, 0) is 49.3 Å². The fourth-order valence-corrected chi connectivity index (χ4v) is 2.99. The van der Waals surface area contributed by atoms with E-state index in [2.05, 4.69) is 10.6 Å². The van der Waals surface area contributed by atoms with Crippen LogP contribution in [0.1, 0.15) is 31.2 Å². The number of benzene rings is 1. The quantitative estimate of drug-likeness (QED) is 0.876. The highest BCUT2D eigenvalue weighted by Gasteiger charge is 2.36. The summed E-state index contributed by atoms with van der Waals surface area (Å²) in [6.45, 7) is 0.984. The first-order valence-electron chi connectivity index (χ1n) is 8.14. The molecule has 1 saturated carbocycles. The molecule has 0 radical (unpaired) electrons. The molecule has 23 heavy (non-hydrogen) atoms. The maximum atomic E-state index is 13.6. The Labute approximate surface area is 135 Å². The minimum absolute atomic E-state index is 0.155. The molecule has 2 aliphatic rings. The predicted octanol–water partition coefficient (Wildman–Crippen LogP) is 2.59. The molecule has 126 valence electrons. The minimum Gasteiger partial charge on any atom is -0.494 e. The zero-order valence-electron chi connectivity index (χ0n) is 13.3. The third kappa shape index (κ3) is 4.34. The number of hydrogen-bond acceptors (Lipinski definition) is 3. The number of halogens is 1. The van der Waals surface area contributed by atoms with Crippen LogP contribution in [-0.4, -0.2) is 31.9 Å². The van der Waals surface area contributed by atoms with Crippen LogP contribution in [0.25, 0.3) is 0 Å². The molecule has 2 atom stereocenters. The first-order chi connectivity index (χ1) is 11.2. The highest BCUT2D eigenvalue weighted by Crippen LogP contribution is 2.38. The second-order valence-electron chi connectivity index (χ2n) is 6.26. The van der Waals surface area contributed by atoms with Crippen LogP contribution in [0, 0.1) is 11.7 Å². The number of hydrogen-bond donors (Lipinski definition) is 2. The molecule has 1 aromatic rings. The Kier molecular flexibility index (Phi) is 5.00. The van der Waals surface area contributed by atoms with Gasteiger partial charge in [-0.3, -0.25) is 0 Å². The maximum Gasteiger partial charge on any atom is 0.315 e. The molecule has 2 fully saturated rings. The zero-order chi connectivity index (χ0) is 16.2. The van der Waals surface area contributed by atoms with Crippen molar-refractivity contribution in [1.29, 1.82) is 0 Å². The summed E-state index contributed by atoms with van der Waals surface area (Å²) in [6, 6.07) is 4.60. The molecule has 3 rings (SSSR count). The van der Waals surface area contributed by atoms with Gasteiger partial charge >= 0.3 is 6.03 Å². The Morgan fingerprint density at radius 3 is 2.91 bits per heavy atom. The van der Waals surface area contributed by atoms with Crippen molar-refractivity contribution in [3.05, 3.63) is 29.6 Å². The van der Waals surface area contributed by atoms with Gasteiger partial charge in [-0.15, -0.1) is 0 Å². The normalized spacial score (nSPS) is 24.1. The number of methoxy groups -OCH3 is 1. The standard InChI is InChI=1S/C17H23FN2O3/c1-22-15-5-2-11(8-14(15)18)10-19-17(21)20-13-6-7-23-16(9-13)12-3-4-12/h2,5,8,12-13,16H,3-4,6-7,9-10H2,1H3,(H2,19,20,21)/t13-,16-/m0/s1. The average Bonchev–Trinajstić information content (AvgIpc) is 3.38. The Morgan fingerprint density at radius 2 is 2.22 bits per heavy atom. The molecule has 1 heterocycles. The molecule has 0 bridgehead atoms. The summed E-state index contributed by atoms with van der Waals surface area (Å²) in [7, 11) is 1.42. The van der Waals surface area contributed by atoms with Gasteiger partial charge in [0, 0.05) is 19.2 Å². The third-order valence-electron chi connectivity index (χ3n) is 4.47. The lowest BCUT2D eigenvalue weighted by Gasteiger charge is -2.30. The topological polar surface area (TPSA) is 59.6 Å². The highest BCUT2D eigenvalue weighted by molar-refractivity contribution is 5.74. The van der Waals surface area contributed by atoms with E-state index in [1.165, 1.54) is 26.0 Å². The number of amides is 2. The molecule has 2 N–H and O–H groups in total. The van der Waals surface area contributed by atoms with Crippen LogP contribution in [0.5, 0.6) is 5.75 Å². The molecule has 5 nitrogen and oxygen atoms in total. The van der Waals surface area contributed by atoms with Crippen molar-refractivity contribution < 1.29 is 18.7 Å². The van der Waals surface area contributed by atoms with Gasteiger partial charge in [0.25, 0.3) is 0 Å². The maximum absolute atomic E-state index is 13.6. The summed E-state index contributed by atoms with van der Waals surface area (Å²) in [5.41, 5.74) is 0.696. The Hall–Kier alpha value is -1.82. The van der Waals surface area contributed by atoms with Crippen LogP contribution < -0.4 is 15.4 Å². The van der Waals surface area contributed by atoms with Crippen molar-refractivity contribution in [1.82, 2.24) is 10.6 Å². The average molecular weight is 322 g/mol. The Balaban J connectivity index is 1.44. The molecule has 2 amide bonds. The van der Waals surface area contributed by atoms with Gasteiger partial charge in [0.15, 0.2) is 11.6 Å². The third-order valence-corrected chi connectivity index (χ3v) is 4.47. The number of carbonyl (C=O) groups is 1. The van der Waals surface area contributed by atoms with Crippen molar-refractivity contribution in [2.75, 3.05) is 13.7 Å². The van der Waals surface area contributed by atoms with Crippen LogP contribution >= 0.6 is 0 Å². The van der Waals surface area contributed by atoms with Crippen molar-refractivity contribution >= 4 is 6.03 Å². The smallest absolute Gasteiger partial charge is 0.315 e. The van der Waals surface area contributed by atoms with Gasteiger partial charge in [0.1, 0.15) is 0 Å². The van der Waals surface area contributed by atoms with E-state index in [1.807, 2.05) is 0 Å². The van der Waals surface area contributed by atoms with Crippen molar-refractivity contribution in [3.8, 4) is 5.75 Å². The molecule has 1 aliphatic carbocycles. The predicted molar refractivity (Wildman–Crippen MR) is 83.8 cm³/mol. The van der Waals surface area contributed by atoms with Crippen LogP contribution in [-0.2, 0) is 11.3 Å². The molecule has 1 aliphatic heterocycles. The number of nitrogens with one attached hydrogen (secondary N) is 2. The first kappa shape index (κ1) is 16.1. The van der Waals surface area contributed by atoms with Gasteiger partial charge < -0.3 is 20.1 Å². The second-order valence-corrected chi connectivity index (χ2v) is 6.26. The van der Waals surface area contributed by atoms with Gasteiger partial charge in [-0.2, -0.15) is 0 Å². The van der Waals surface area contributed by atoms with E-state index in [-0.39, 0.29) is 24.4 Å². The van der Waals surface area contributed by atoms with Crippen molar-refractivity contribution in [2.45, 2.75) is 44.4 Å². The molecular weight excluding hydrogens is 299 g/mol. The van der Waals surface area contributed by atoms with E-state index in [0.717, 1.165) is 12.8 Å². The number of rotatable bonds is 5. The minimum atomic E-state index is -0.427. The van der Waals surface area contributed by atoms with E-state index in [9.17, 15) is 9.18 Å². The zero-order valence-corrected chi connectivity index (χ0v) is 13.3. The summed E-state index contributed by atoms with van der Waals surface area (Å²) in [5, 5.41) is 5.76. The lowest BCUT2D eigenvalue weighted by molar-refractivity contribution is -0.00914. The van der Waals surface area contributed by atoms with E-state index >= 15 is 0 Å². The van der Waals surface area contributed by atoms with Crippen LogP contribution in [0.4, 0.5) is 9.18 Å². The molecule has 0 aromatic heterocycles. The molecule has 0 unspecified atom stereocenters. The van der Waals surface area contributed by atoms with E-state index in [0.29, 0.717) is 24.2 Å². The van der Waals surface area contributed by atoms with Crippen LogP contribution in [0.3, 0.4) is 0 Å². The SMILES string of the molecule is COc1ccc(CNC(=O)N[C@H]2CCO[C@H](C3CC3)C2)cc1F. The Bertz CT molecular complexity index is 563. The largest absolute Gasteiger partial charge is 0.494 e. The lowest BCUT2D eigenvalue weighted by Crippen LogP contribution is -2.46. The molecular formula is C17H23FN2O3. The number of carbonyl (C=O) groups excluding carboxylic acids is 1. The van der Waals surface area contributed by atoms with Crippen molar-refractivity contribution in [3.63, 3.8) is 0 Å². The molecule has 1 aromatic carbocycles. The summed E-state index contributed by atoms with van der Waals surface area (Å²) >= 11 is 0. The van der Waals surface area contributed by atoms with Gasteiger partial charge in [0.2, 0.25) is 0 Å². The summed E-state index contributed by atoms with van der Waals surface area (Å²) in [4.78, 5) is 12.0. The summed E-state index contributed by atoms with van der Waals surface area (Å²) in [6.07, 6.45) is 4.51. The monoisotopic (exact) mass is 322 g/mol. The first-order valence-corrected chi connectivity index (χ1v) is 8.14. The molecule has 1 saturated heterocycles. The van der Waals surface area contributed by atoms with E-state index in [4.69, 9.17) is 9.47 Å². The lowest BCUT2D eigenvalue weighted by atomic mass is 10.0. The summed E-state index contributed by atoms with van der Waals surface area (Å²) in [5.74, 6) is 0.459.